The van der Waals surface area contributed by atoms with E-state index in [2.05, 4.69) is 44.9 Å². The molecule has 162 valence electrons. The van der Waals surface area contributed by atoms with E-state index >= 15 is 0 Å². The van der Waals surface area contributed by atoms with Gasteiger partial charge >= 0.3 is 0 Å². The van der Waals surface area contributed by atoms with Crippen molar-refractivity contribution < 1.29 is 9.53 Å². The molecule has 0 bridgehead atoms. The second kappa shape index (κ2) is 8.19. The summed E-state index contributed by atoms with van der Waals surface area (Å²) < 4.78 is 8.14. The Balaban J connectivity index is 1.44. The van der Waals surface area contributed by atoms with Gasteiger partial charge in [-0.2, -0.15) is 5.10 Å². The van der Waals surface area contributed by atoms with Crippen molar-refractivity contribution in [2.24, 2.45) is 5.92 Å². The molecule has 2 N–H and O–H groups in total. The number of amides is 1. The molecule has 2 saturated heterocycles. The number of rotatable bonds is 5. The van der Waals surface area contributed by atoms with Gasteiger partial charge in [0.1, 0.15) is 11.6 Å². The van der Waals surface area contributed by atoms with Crippen LogP contribution in [0.2, 0.25) is 0 Å². The van der Waals surface area contributed by atoms with Crippen LogP contribution in [0.25, 0.3) is 16.8 Å². The second-order valence-electron chi connectivity index (χ2n) is 8.43. The smallest absolute Gasteiger partial charge is 0.241 e. The summed E-state index contributed by atoms with van der Waals surface area (Å²) in [5, 5.41) is 10.8. The normalized spacial score (nSPS) is 20.1. The molecule has 3 aromatic rings. The molecule has 2 aliphatic rings. The van der Waals surface area contributed by atoms with Crippen molar-refractivity contribution in [3.8, 4) is 17.1 Å². The predicted molar refractivity (Wildman–Crippen MR) is 119 cm³/mol. The van der Waals surface area contributed by atoms with Gasteiger partial charge in [-0.3, -0.25) is 4.79 Å². The molecule has 1 aromatic carbocycles. The van der Waals surface area contributed by atoms with Crippen LogP contribution in [0.15, 0.2) is 36.7 Å². The molecular formula is C23H28N6O2. The standard InChI is InChI=1S/C23H28N6O2/c1-15-12-26-29-14-20(17-3-5-19(6-4-17)28-9-7-24-8-10-28)27-23(22(15)29)31-16(2)18-11-21(30)25-13-18/h3-6,12,14,16,18,24H,7-11,13H2,1-2H3,(H,25,30)/t16?,18-/m1/s1. The Morgan fingerprint density at radius 3 is 2.68 bits per heavy atom. The minimum Gasteiger partial charge on any atom is -0.473 e. The maximum Gasteiger partial charge on any atom is 0.241 e. The van der Waals surface area contributed by atoms with Gasteiger partial charge in [0.25, 0.3) is 0 Å². The van der Waals surface area contributed by atoms with Crippen LogP contribution in [0.5, 0.6) is 5.88 Å². The number of fused-ring (bicyclic) bond motifs is 1. The van der Waals surface area contributed by atoms with Crippen LogP contribution in [-0.4, -0.2) is 59.3 Å². The average Bonchev–Trinajstić information content (AvgIpc) is 3.40. The number of hydrogen-bond donors (Lipinski definition) is 2. The molecule has 0 spiro atoms. The van der Waals surface area contributed by atoms with Crippen LogP contribution < -0.4 is 20.3 Å². The fourth-order valence-corrected chi connectivity index (χ4v) is 4.34. The van der Waals surface area contributed by atoms with Crippen molar-refractivity contribution >= 4 is 17.1 Å². The first kappa shape index (κ1) is 19.8. The molecule has 8 heteroatoms. The first-order chi connectivity index (χ1) is 15.1. The van der Waals surface area contributed by atoms with E-state index in [9.17, 15) is 4.79 Å². The summed E-state index contributed by atoms with van der Waals surface area (Å²) in [7, 11) is 0. The third-order valence-electron chi connectivity index (χ3n) is 6.26. The Hall–Kier alpha value is -3.13. The van der Waals surface area contributed by atoms with Gasteiger partial charge < -0.3 is 20.3 Å². The zero-order valence-electron chi connectivity index (χ0n) is 18.0. The molecule has 2 fully saturated rings. The zero-order valence-corrected chi connectivity index (χ0v) is 18.0. The fourth-order valence-electron chi connectivity index (χ4n) is 4.34. The van der Waals surface area contributed by atoms with Gasteiger partial charge in [0.2, 0.25) is 11.8 Å². The summed E-state index contributed by atoms with van der Waals surface area (Å²) in [6.45, 7) is 8.71. The molecule has 2 aliphatic heterocycles. The van der Waals surface area contributed by atoms with E-state index in [0.717, 1.165) is 48.5 Å². The molecule has 8 nitrogen and oxygen atoms in total. The minimum atomic E-state index is -0.130. The molecule has 31 heavy (non-hydrogen) atoms. The summed E-state index contributed by atoms with van der Waals surface area (Å²) >= 11 is 0. The zero-order chi connectivity index (χ0) is 21.4. The Labute approximate surface area is 181 Å². The first-order valence-corrected chi connectivity index (χ1v) is 10.9. The Morgan fingerprint density at radius 2 is 1.97 bits per heavy atom. The third kappa shape index (κ3) is 3.95. The summed E-state index contributed by atoms with van der Waals surface area (Å²) in [5.74, 6) is 0.780. The largest absolute Gasteiger partial charge is 0.473 e. The van der Waals surface area contributed by atoms with Gasteiger partial charge in [-0.05, 0) is 26.0 Å². The van der Waals surface area contributed by atoms with Gasteiger partial charge in [0.15, 0.2) is 0 Å². The van der Waals surface area contributed by atoms with Gasteiger partial charge in [0, 0.05) is 61.9 Å². The number of hydrogen-bond acceptors (Lipinski definition) is 6. The molecule has 5 rings (SSSR count). The number of aryl methyl sites for hydroxylation is 1. The summed E-state index contributed by atoms with van der Waals surface area (Å²) in [6.07, 6.45) is 4.13. The minimum absolute atomic E-state index is 0.0809. The summed E-state index contributed by atoms with van der Waals surface area (Å²) in [4.78, 5) is 18.9. The number of carbonyl (C=O) groups is 1. The number of aromatic nitrogens is 3. The van der Waals surface area contributed by atoms with Crippen LogP contribution in [0, 0.1) is 12.8 Å². The lowest BCUT2D eigenvalue weighted by molar-refractivity contribution is -0.119. The molecule has 4 heterocycles. The molecule has 1 unspecified atom stereocenters. The number of anilines is 1. The Bertz CT molecular complexity index is 1090. The number of benzene rings is 1. The van der Waals surface area contributed by atoms with E-state index in [1.165, 1.54) is 5.69 Å². The third-order valence-corrected chi connectivity index (χ3v) is 6.26. The highest BCUT2D eigenvalue weighted by Gasteiger charge is 2.29. The van der Waals surface area contributed by atoms with Crippen LogP contribution in [0.1, 0.15) is 18.9 Å². The van der Waals surface area contributed by atoms with Crippen LogP contribution in [0.3, 0.4) is 0 Å². The molecular weight excluding hydrogens is 392 g/mol. The molecule has 0 aliphatic carbocycles. The number of ether oxygens (including phenoxy) is 1. The van der Waals surface area contributed by atoms with Crippen molar-refractivity contribution in [1.29, 1.82) is 0 Å². The van der Waals surface area contributed by atoms with E-state index in [-0.39, 0.29) is 17.9 Å². The topological polar surface area (TPSA) is 83.8 Å². The molecule has 1 amide bonds. The van der Waals surface area contributed by atoms with Crippen LogP contribution in [0.4, 0.5) is 5.69 Å². The lowest BCUT2D eigenvalue weighted by Crippen LogP contribution is -2.43. The Kier molecular flexibility index (Phi) is 5.23. The number of nitrogens with zero attached hydrogens (tertiary/aromatic N) is 4. The molecule has 0 radical (unpaired) electrons. The van der Waals surface area contributed by atoms with Gasteiger partial charge in [-0.1, -0.05) is 12.1 Å². The highest BCUT2D eigenvalue weighted by atomic mass is 16.5. The van der Waals surface area contributed by atoms with Crippen molar-refractivity contribution in [3.05, 3.63) is 42.2 Å². The quantitative estimate of drug-likeness (QED) is 0.657. The molecule has 2 atom stereocenters. The van der Waals surface area contributed by atoms with E-state index < -0.39 is 0 Å². The van der Waals surface area contributed by atoms with E-state index in [1.54, 1.807) is 0 Å². The number of carbonyl (C=O) groups excluding carboxylic acids is 1. The monoisotopic (exact) mass is 420 g/mol. The van der Waals surface area contributed by atoms with Crippen LogP contribution >= 0.6 is 0 Å². The summed E-state index contributed by atoms with van der Waals surface area (Å²) in [6, 6.07) is 8.52. The fraction of sp³-hybridized carbons (Fsp3) is 0.435. The van der Waals surface area contributed by atoms with E-state index in [0.29, 0.717) is 18.8 Å². The highest BCUT2D eigenvalue weighted by molar-refractivity contribution is 5.78. The molecule has 0 saturated carbocycles. The predicted octanol–water partition coefficient (Wildman–Crippen LogP) is 2.02. The van der Waals surface area contributed by atoms with Crippen molar-refractivity contribution in [3.63, 3.8) is 0 Å². The van der Waals surface area contributed by atoms with E-state index in [1.807, 2.05) is 30.8 Å². The SMILES string of the molecule is Cc1cnn2cc(-c3ccc(N4CCNCC4)cc3)nc(OC(C)[C@H]3CNC(=O)C3)c12. The number of nitrogens with one attached hydrogen (secondary N) is 2. The molecule has 2 aromatic heterocycles. The van der Waals surface area contributed by atoms with Crippen molar-refractivity contribution in [2.45, 2.75) is 26.4 Å². The summed E-state index contributed by atoms with van der Waals surface area (Å²) in [5.41, 5.74) is 4.93. The van der Waals surface area contributed by atoms with Crippen LogP contribution in [-0.2, 0) is 4.79 Å². The second-order valence-corrected chi connectivity index (χ2v) is 8.43. The van der Waals surface area contributed by atoms with Crippen molar-refractivity contribution in [1.82, 2.24) is 25.2 Å². The van der Waals surface area contributed by atoms with Crippen molar-refractivity contribution in [2.75, 3.05) is 37.6 Å². The lowest BCUT2D eigenvalue weighted by atomic mass is 10.0. The average molecular weight is 421 g/mol. The van der Waals surface area contributed by atoms with Gasteiger partial charge in [-0.25, -0.2) is 9.50 Å². The lowest BCUT2D eigenvalue weighted by Gasteiger charge is -2.29. The maximum absolute atomic E-state index is 11.6. The Morgan fingerprint density at radius 1 is 1.19 bits per heavy atom. The van der Waals surface area contributed by atoms with Gasteiger partial charge in [0.05, 0.1) is 18.1 Å². The first-order valence-electron chi connectivity index (χ1n) is 10.9. The van der Waals surface area contributed by atoms with Gasteiger partial charge in [-0.15, -0.1) is 0 Å². The number of piperazine rings is 1. The van der Waals surface area contributed by atoms with E-state index in [4.69, 9.17) is 9.72 Å². The maximum atomic E-state index is 11.6. The highest BCUT2D eigenvalue weighted by Crippen LogP contribution is 2.29.